The maximum Gasteiger partial charge on any atom is 0.267 e. The maximum absolute atomic E-state index is 13.6. The van der Waals surface area contributed by atoms with Gasteiger partial charge in [0.2, 0.25) is 0 Å². The van der Waals surface area contributed by atoms with Crippen molar-refractivity contribution in [1.82, 2.24) is 14.3 Å². The molecular weight excluding hydrogens is 444 g/mol. The molecule has 0 N–H and O–H groups in total. The van der Waals surface area contributed by atoms with Crippen LogP contribution in [0.5, 0.6) is 0 Å². The fraction of sp³-hybridized carbons (Fsp3) is 0.478. The highest BCUT2D eigenvalue weighted by Crippen LogP contribution is 2.34. The van der Waals surface area contributed by atoms with Crippen molar-refractivity contribution in [3.8, 4) is 0 Å². The predicted molar refractivity (Wildman–Crippen MR) is 133 cm³/mol. The number of nitrogens with zero attached hydrogens (tertiary/aromatic N) is 4. The second-order valence-corrected chi connectivity index (χ2v) is 10.1. The number of rotatable bonds is 5. The first-order valence-electron chi connectivity index (χ1n) is 11.0. The summed E-state index contributed by atoms with van der Waals surface area (Å²) in [5.41, 5.74) is 1.74. The first-order valence-corrected chi connectivity index (χ1v) is 12.2. The van der Waals surface area contributed by atoms with Crippen LogP contribution in [0.2, 0.25) is 0 Å². The minimum atomic E-state index is -0.195. The standard InChI is InChI=1S/C23H28N4O3S2/c1-5-6-9-27-22(29)18(32-23(27)31)11-17-20(25-12-15(3)30-16(4)13-25)24-19-14(2)8-7-10-26(19)21(17)28/h7-8,10-11,15-16H,5-6,9,12-13H2,1-4H3/b18-11+/t15-,16-/m1/s1. The molecule has 2 aliphatic rings. The average molecular weight is 473 g/mol. The van der Waals surface area contributed by atoms with E-state index in [0.29, 0.717) is 45.9 Å². The van der Waals surface area contributed by atoms with Gasteiger partial charge in [-0.3, -0.25) is 18.9 Å². The molecule has 0 saturated carbocycles. The molecule has 2 atom stereocenters. The number of ether oxygens (including phenoxy) is 1. The summed E-state index contributed by atoms with van der Waals surface area (Å²) >= 11 is 6.69. The molecule has 0 radical (unpaired) electrons. The van der Waals surface area contributed by atoms with Crippen LogP contribution in [0.1, 0.15) is 44.7 Å². The van der Waals surface area contributed by atoms with Gasteiger partial charge >= 0.3 is 0 Å². The number of unbranched alkanes of at least 4 members (excludes halogenated alkanes) is 1. The number of anilines is 1. The van der Waals surface area contributed by atoms with Crippen LogP contribution in [0.3, 0.4) is 0 Å². The normalized spacial score (nSPS) is 23.1. The third kappa shape index (κ3) is 4.33. The van der Waals surface area contributed by atoms with Crippen molar-refractivity contribution in [2.45, 2.75) is 52.7 Å². The predicted octanol–water partition coefficient (Wildman–Crippen LogP) is 3.62. The summed E-state index contributed by atoms with van der Waals surface area (Å²) in [6.07, 6.45) is 5.27. The third-order valence-electron chi connectivity index (χ3n) is 5.67. The number of pyridine rings is 1. The molecule has 0 bridgehead atoms. The number of morpholine rings is 1. The summed E-state index contributed by atoms with van der Waals surface area (Å²) in [6, 6.07) is 3.77. The molecule has 2 fully saturated rings. The Hall–Kier alpha value is -2.23. The number of aromatic nitrogens is 2. The lowest BCUT2D eigenvalue weighted by Gasteiger charge is -2.36. The van der Waals surface area contributed by atoms with E-state index in [-0.39, 0.29) is 23.7 Å². The van der Waals surface area contributed by atoms with Crippen LogP contribution in [-0.2, 0) is 9.53 Å². The highest BCUT2D eigenvalue weighted by atomic mass is 32.2. The lowest BCUT2D eigenvalue weighted by molar-refractivity contribution is -0.122. The molecule has 4 heterocycles. The van der Waals surface area contributed by atoms with E-state index < -0.39 is 0 Å². The molecule has 0 spiro atoms. The van der Waals surface area contributed by atoms with Gasteiger partial charge in [-0.05, 0) is 44.9 Å². The van der Waals surface area contributed by atoms with Gasteiger partial charge in [0.25, 0.3) is 11.5 Å². The number of amides is 1. The number of fused-ring (bicyclic) bond motifs is 1. The monoisotopic (exact) mass is 472 g/mol. The van der Waals surface area contributed by atoms with Crippen molar-refractivity contribution in [2.24, 2.45) is 0 Å². The molecule has 4 rings (SSSR count). The molecule has 2 aromatic rings. The van der Waals surface area contributed by atoms with Crippen molar-refractivity contribution in [2.75, 3.05) is 24.5 Å². The number of thiocarbonyl (C=S) groups is 1. The lowest BCUT2D eigenvalue weighted by atomic mass is 10.1. The number of aryl methyl sites for hydroxylation is 1. The summed E-state index contributed by atoms with van der Waals surface area (Å²) in [5.74, 6) is 0.446. The number of carbonyl (C=O) groups excluding carboxylic acids is 1. The van der Waals surface area contributed by atoms with E-state index in [1.807, 2.05) is 32.9 Å². The largest absolute Gasteiger partial charge is 0.372 e. The van der Waals surface area contributed by atoms with Crippen LogP contribution in [0, 0.1) is 6.92 Å². The van der Waals surface area contributed by atoms with E-state index >= 15 is 0 Å². The Balaban J connectivity index is 1.85. The van der Waals surface area contributed by atoms with Crippen molar-refractivity contribution < 1.29 is 9.53 Å². The quantitative estimate of drug-likeness (QED) is 0.486. The molecule has 2 saturated heterocycles. The molecule has 0 aromatic carbocycles. The zero-order chi connectivity index (χ0) is 23.0. The number of thioether (sulfide) groups is 1. The molecule has 2 aromatic heterocycles. The molecule has 0 aliphatic carbocycles. The van der Waals surface area contributed by atoms with Crippen molar-refractivity contribution in [1.29, 1.82) is 0 Å². The summed E-state index contributed by atoms with van der Waals surface area (Å²) in [5, 5.41) is 0. The van der Waals surface area contributed by atoms with Crippen LogP contribution in [0.25, 0.3) is 11.7 Å². The minimum Gasteiger partial charge on any atom is -0.372 e. The molecule has 2 aliphatic heterocycles. The number of hydrogen-bond acceptors (Lipinski definition) is 7. The van der Waals surface area contributed by atoms with E-state index in [1.54, 1.807) is 21.6 Å². The molecule has 170 valence electrons. The Labute approximate surface area is 197 Å². The van der Waals surface area contributed by atoms with Gasteiger partial charge in [0.15, 0.2) is 0 Å². The van der Waals surface area contributed by atoms with Gasteiger partial charge in [0.05, 0.1) is 22.7 Å². The Morgan fingerprint density at radius 1 is 1.28 bits per heavy atom. The fourth-order valence-corrected chi connectivity index (χ4v) is 5.45. The van der Waals surface area contributed by atoms with Crippen LogP contribution >= 0.6 is 24.0 Å². The van der Waals surface area contributed by atoms with Crippen LogP contribution in [0.4, 0.5) is 5.82 Å². The van der Waals surface area contributed by atoms with Crippen molar-refractivity contribution >= 4 is 51.7 Å². The molecular formula is C23H28N4O3S2. The molecule has 7 nitrogen and oxygen atoms in total. The van der Waals surface area contributed by atoms with Crippen LogP contribution in [-0.4, -0.2) is 56.4 Å². The van der Waals surface area contributed by atoms with Gasteiger partial charge in [0.1, 0.15) is 15.8 Å². The smallest absolute Gasteiger partial charge is 0.267 e. The van der Waals surface area contributed by atoms with Crippen LogP contribution < -0.4 is 10.5 Å². The second kappa shape index (κ2) is 9.33. The number of carbonyl (C=O) groups is 1. The van der Waals surface area contributed by atoms with Gasteiger partial charge < -0.3 is 9.64 Å². The van der Waals surface area contributed by atoms with Crippen molar-refractivity contribution in [3.05, 3.63) is 44.7 Å². The maximum atomic E-state index is 13.6. The average Bonchev–Trinajstić information content (AvgIpc) is 3.00. The van der Waals surface area contributed by atoms with Gasteiger partial charge in [-0.25, -0.2) is 4.98 Å². The van der Waals surface area contributed by atoms with Gasteiger partial charge in [-0.2, -0.15) is 0 Å². The zero-order valence-electron chi connectivity index (χ0n) is 18.8. The summed E-state index contributed by atoms with van der Waals surface area (Å²) < 4.78 is 7.97. The van der Waals surface area contributed by atoms with E-state index in [2.05, 4.69) is 11.8 Å². The highest BCUT2D eigenvalue weighted by molar-refractivity contribution is 8.26. The highest BCUT2D eigenvalue weighted by Gasteiger charge is 2.33. The third-order valence-corrected chi connectivity index (χ3v) is 7.05. The van der Waals surface area contributed by atoms with Gasteiger partial charge in [0, 0.05) is 25.8 Å². The Morgan fingerprint density at radius 3 is 2.69 bits per heavy atom. The molecule has 1 amide bonds. The van der Waals surface area contributed by atoms with Crippen LogP contribution in [0.15, 0.2) is 28.0 Å². The Morgan fingerprint density at radius 2 is 2.00 bits per heavy atom. The minimum absolute atomic E-state index is 0.0102. The van der Waals surface area contributed by atoms with Gasteiger partial charge in [-0.15, -0.1) is 0 Å². The molecule has 32 heavy (non-hydrogen) atoms. The summed E-state index contributed by atoms with van der Waals surface area (Å²) in [4.78, 5) is 35.7. The SMILES string of the molecule is CCCCN1C(=O)/C(=C\c2c(N3C[C@@H](C)O[C@H](C)C3)nc3c(C)cccn3c2=O)SC1=S. The summed E-state index contributed by atoms with van der Waals surface area (Å²) in [7, 11) is 0. The first-order chi connectivity index (χ1) is 15.3. The topological polar surface area (TPSA) is 67.2 Å². The second-order valence-electron chi connectivity index (χ2n) is 8.39. The van der Waals surface area contributed by atoms with E-state index in [1.165, 1.54) is 11.8 Å². The molecule has 9 heteroatoms. The summed E-state index contributed by atoms with van der Waals surface area (Å²) in [6.45, 7) is 9.88. The van der Waals surface area contributed by atoms with E-state index in [4.69, 9.17) is 21.9 Å². The van der Waals surface area contributed by atoms with E-state index in [0.717, 1.165) is 18.4 Å². The fourth-order valence-electron chi connectivity index (χ4n) is 4.16. The Kier molecular flexibility index (Phi) is 6.69. The first kappa shape index (κ1) is 22.9. The Bertz CT molecular complexity index is 1150. The zero-order valence-corrected chi connectivity index (χ0v) is 20.5. The number of hydrogen-bond donors (Lipinski definition) is 0. The van der Waals surface area contributed by atoms with Crippen molar-refractivity contribution in [3.63, 3.8) is 0 Å². The molecule has 0 unspecified atom stereocenters. The van der Waals surface area contributed by atoms with Gasteiger partial charge in [-0.1, -0.05) is 43.4 Å². The van der Waals surface area contributed by atoms with E-state index in [9.17, 15) is 9.59 Å². The lowest BCUT2D eigenvalue weighted by Crippen LogP contribution is -2.46.